The van der Waals surface area contributed by atoms with E-state index >= 15 is 0 Å². The predicted octanol–water partition coefficient (Wildman–Crippen LogP) is 1.52. The van der Waals surface area contributed by atoms with Gasteiger partial charge in [-0.25, -0.2) is 4.79 Å². The number of hydrogen-bond donors (Lipinski definition) is 3. The molecule has 0 aliphatic carbocycles. The second kappa shape index (κ2) is 8.87. The van der Waals surface area contributed by atoms with Crippen LogP contribution in [0.1, 0.15) is 40.0 Å². The highest BCUT2D eigenvalue weighted by molar-refractivity contribution is 5.76. The highest BCUT2D eigenvalue weighted by Gasteiger charge is 2.22. The number of hydrogen-bond acceptors (Lipinski definition) is 3. The Balaban J connectivity index is 2.27. The molecule has 1 saturated heterocycles. The first-order valence-electron chi connectivity index (χ1n) is 7.89. The molecule has 2 amide bonds. The Kier molecular flexibility index (Phi) is 7.50. The number of aliphatic carboxylic acids is 1. The van der Waals surface area contributed by atoms with Crippen molar-refractivity contribution in [1.82, 2.24) is 15.5 Å². The quantitative estimate of drug-likeness (QED) is 0.665. The van der Waals surface area contributed by atoms with Gasteiger partial charge >= 0.3 is 12.0 Å². The molecule has 21 heavy (non-hydrogen) atoms. The monoisotopic (exact) mass is 299 g/mol. The van der Waals surface area contributed by atoms with E-state index < -0.39 is 11.9 Å². The molecular formula is C15H29N3O3. The minimum absolute atomic E-state index is 0.00595. The largest absolute Gasteiger partial charge is 0.481 e. The van der Waals surface area contributed by atoms with Crippen LogP contribution in [0.2, 0.25) is 0 Å². The summed E-state index contributed by atoms with van der Waals surface area (Å²) in [5, 5.41) is 14.6. The molecule has 122 valence electrons. The fraction of sp³-hybridized carbons (Fsp3) is 0.867. The highest BCUT2D eigenvalue weighted by Crippen LogP contribution is 2.10. The number of likely N-dealkylation sites (tertiary alicyclic amines) is 1. The van der Waals surface area contributed by atoms with Crippen molar-refractivity contribution >= 4 is 12.0 Å². The van der Waals surface area contributed by atoms with E-state index in [1.807, 2.05) is 20.8 Å². The van der Waals surface area contributed by atoms with Crippen LogP contribution in [-0.2, 0) is 4.79 Å². The number of rotatable bonds is 7. The van der Waals surface area contributed by atoms with Gasteiger partial charge in [0.1, 0.15) is 0 Å². The van der Waals surface area contributed by atoms with E-state index in [0.717, 1.165) is 19.6 Å². The number of piperidine rings is 1. The van der Waals surface area contributed by atoms with Gasteiger partial charge in [0.25, 0.3) is 0 Å². The van der Waals surface area contributed by atoms with Crippen LogP contribution < -0.4 is 10.6 Å². The molecule has 0 spiro atoms. The lowest BCUT2D eigenvalue weighted by Gasteiger charge is -2.29. The molecule has 6 heteroatoms. The summed E-state index contributed by atoms with van der Waals surface area (Å²) in [5.74, 6) is -1.42. The number of carboxylic acid groups (broad SMARTS) is 1. The van der Waals surface area contributed by atoms with E-state index in [4.69, 9.17) is 5.11 Å². The SMILES string of the molecule is CC(CN1CCCCC1)NC(=O)NCC(C(=O)O)C(C)C. The van der Waals surface area contributed by atoms with Crippen LogP contribution in [0.4, 0.5) is 4.79 Å². The summed E-state index contributed by atoms with van der Waals surface area (Å²) in [4.78, 5) is 25.2. The summed E-state index contributed by atoms with van der Waals surface area (Å²) in [7, 11) is 0. The molecule has 2 atom stereocenters. The smallest absolute Gasteiger partial charge is 0.315 e. The second-order valence-corrected chi connectivity index (χ2v) is 6.31. The average Bonchev–Trinajstić information content (AvgIpc) is 2.38. The Morgan fingerprint density at radius 3 is 2.29 bits per heavy atom. The third-order valence-corrected chi connectivity index (χ3v) is 3.96. The van der Waals surface area contributed by atoms with Gasteiger partial charge in [-0.1, -0.05) is 20.3 Å². The third kappa shape index (κ3) is 6.80. The fourth-order valence-corrected chi connectivity index (χ4v) is 2.66. The molecule has 0 aromatic heterocycles. The lowest BCUT2D eigenvalue weighted by Crippen LogP contribution is -2.48. The minimum atomic E-state index is -0.869. The zero-order chi connectivity index (χ0) is 15.8. The average molecular weight is 299 g/mol. The lowest BCUT2D eigenvalue weighted by atomic mass is 9.96. The van der Waals surface area contributed by atoms with E-state index in [-0.39, 0.29) is 24.5 Å². The van der Waals surface area contributed by atoms with Gasteiger partial charge in [0.2, 0.25) is 0 Å². The first-order chi connectivity index (χ1) is 9.90. The Morgan fingerprint density at radius 1 is 1.14 bits per heavy atom. The van der Waals surface area contributed by atoms with Gasteiger partial charge in [-0.05, 0) is 38.8 Å². The summed E-state index contributed by atoms with van der Waals surface area (Å²) in [6, 6.07) is -0.225. The van der Waals surface area contributed by atoms with Gasteiger partial charge in [0.15, 0.2) is 0 Å². The number of carbonyl (C=O) groups excluding carboxylic acids is 1. The van der Waals surface area contributed by atoms with Crippen LogP contribution in [0.5, 0.6) is 0 Å². The van der Waals surface area contributed by atoms with Crippen LogP contribution in [0.15, 0.2) is 0 Å². The molecule has 1 aliphatic heterocycles. The maximum absolute atomic E-state index is 11.8. The van der Waals surface area contributed by atoms with E-state index in [1.165, 1.54) is 19.3 Å². The summed E-state index contributed by atoms with van der Waals surface area (Å²) >= 11 is 0. The summed E-state index contributed by atoms with van der Waals surface area (Å²) in [6.45, 7) is 8.87. The molecule has 6 nitrogen and oxygen atoms in total. The van der Waals surface area contributed by atoms with Gasteiger partial charge in [0.05, 0.1) is 5.92 Å². The van der Waals surface area contributed by atoms with E-state index in [0.29, 0.717) is 0 Å². The van der Waals surface area contributed by atoms with Crippen LogP contribution in [0.3, 0.4) is 0 Å². The molecule has 1 heterocycles. The van der Waals surface area contributed by atoms with Crippen molar-refractivity contribution in [2.45, 2.75) is 46.1 Å². The molecule has 0 radical (unpaired) electrons. The molecule has 1 aliphatic rings. The maximum Gasteiger partial charge on any atom is 0.315 e. The number of amides is 2. The number of carboxylic acids is 1. The molecule has 0 aromatic carbocycles. The van der Waals surface area contributed by atoms with Crippen LogP contribution in [0, 0.1) is 11.8 Å². The Bertz CT molecular complexity index is 341. The molecule has 0 aromatic rings. The van der Waals surface area contributed by atoms with Gasteiger partial charge in [-0.15, -0.1) is 0 Å². The number of urea groups is 1. The van der Waals surface area contributed by atoms with Crippen LogP contribution in [-0.4, -0.2) is 54.2 Å². The first kappa shape index (κ1) is 17.8. The molecular weight excluding hydrogens is 270 g/mol. The molecule has 3 N–H and O–H groups in total. The van der Waals surface area contributed by atoms with Crippen LogP contribution >= 0.6 is 0 Å². The zero-order valence-electron chi connectivity index (χ0n) is 13.4. The van der Waals surface area contributed by atoms with Gasteiger partial charge in [-0.2, -0.15) is 0 Å². The van der Waals surface area contributed by atoms with Gasteiger partial charge in [-0.3, -0.25) is 4.79 Å². The molecule has 0 bridgehead atoms. The predicted molar refractivity (Wildman–Crippen MR) is 82.3 cm³/mol. The number of nitrogens with zero attached hydrogens (tertiary/aromatic N) is 1. The fourth-order valence-electron chi connectivity index (χ4n) is 2.66. The summed E-state index contributed by atoms with van der Waals surface area (Å²) < 4.78 is 0. The number of nitrogens with one attached hydrogen (secondary N) is 2. The summed E-state index contributed by atoms with van der Waals surface area (Å²) in [6.07, 6.45) is 3.76. The summed E-state index contributed by atoms with van der Waals surface area (Å²) in [5.41, 5.74) is 0. The third-order valence-electron chi connectivity index (χ3n) is 3.96. The second-order valence-electron chi connectivity index (χ2n) is 6.31. The van der Waals surface area contributed by atoms with Crippen molar-refractivity contribution in [3.63, 3.8) is 0 Å². The van der Waals surface area contributed by atoms with Crippen molar-refractivity contribution in [3.8, 4) is 0 Å². The Morgan fingerprint density at radius 2 is 1.76 bits per heavy atom. The zero-order valence-corrected chi connectivity index (χ0v) is 13.4. The van der Waals surface area contributed by atoms with Crippen molar-refractivity contribution in [2.75, 3.05) is 26.2 Å². The van der Waals surface area contributed by atoms with E-state index in [1.54, 1.807) is 0 Å². The Labute approximate surface area is 127 Å². The normalized spacial score (nSPS) is 19.0. The van der Waals surface area contributed by atoms with E-state index in [9.17, 15) is 9.59 Å². The van der Waals surface area contributed by atoms with Crippen molar-refractivity contribution in [2.24, 2.45) is 11.8 Å². The standard InChI is InChI=1S/C15H29N3O3/c1-11(2)13(14(19)20)9-16-15(21)17-12(3)10-18-7-5-4-6-8-18/h11-13H,4-10H2,1-3H3,(H,19,20)(H2,16,17,21). The number of carbonyl (C=O) groups is 2. The highest BCUT2D eigenvalue weighted by atomic mass is 16.4. The molecule has 0 saturated carbocycles. The molecule has 1 rings (SSSR count). The van der Waals surface area contributed by atoms with Crippen molar-refractivity contribution in [1.29, 1.82) is 0 Å². The van der Waals surface area contributed by atoms with Gasteiger partial charge in [0, 0.05) is 19.1 Å². The maximum atomic E-state index is 11.8. The van der Waals surface area contributed by atoms with Crippen molar-refractivity contribution in [3.05, 3.63) is 0 Å². The van der Waals surface area contributed by atoms with Gasteiger partial charge < -0.3 is 20.6 Å². The van der Waals surface area contributed by atoms with Crippen LogP contribution in [0.25, 0.3) is 0 Å². The Hall–Kier alpha value is -1.30. The van der Waals surface area contributed by atoms with E-state index in [2.05, 4.69) is 15.5 Å². The topological polar surface area (TPSA) is 81.7 Å². The molecule has 2 unspecified atom stereocenters. The minimum Gasteiger partial charge on any atom is -0.481 e. The lowest BCUT2D eigenvalue weighted by molar-refractivity contribution is -0.142. The molecule has 1 fully saturated rings. The first-order valence-corrected chi connectivity index (χ1v) is 7.89. The van der Waals surface area contributed by atoms with Crippen molar-refractivity contribution < 1.29 is 14.7 Å².